The Morgan fingerprint density at radius 2 is 1.87 bits per heavy atom. The first-order valence-corrected chi connectivity index (χ1v) is 11.9. The Bertz CT molecular complexity index is 1350. The molecule has 38 heavy (non-hydrogen) atoms. The molecule has 2 aromatic carbocycles. The maximum Gasteiger partial charge on any atom is 0.424 e. The zero-order valence-electron chi connectivity index (χ0n) is 20.3. The number of alkyl halides is 3. The number of anilines is 1. The van der Waals surface area contributed by atoms with Gasteiger partial charge in [-0.3, -0.25) is 4.79 Å². The minimum absolute atomic E-state index is 0.00117. The molecule has 0 aliphatic heterocycles. The number of nitrogens with one attached hydrogen (secondary N) is 2. The highest BCUT2D eigenvalue weighted by atomic mass is 35.5. The molecule has 0 bridgehead atoms. The highest BCUT2D eigenvalue weighted by molar-refractivity contribution is 6.31. The molecule has 4 rings (SSSR count). The number of carbonyl (C=O) groups is 1. The maximum absolute atomic E-state index is 14.3. The fourth-order valence-electron chi connectivity index (χ4n) is 3.61. The van der Waals surface area contributed by atoms with E-state index in [-0.39, 0.29) is 39.4 Å². The number of halogens is 5. The van der Waals surface area contributed by atoms with Gasteiger partial charge in [-0.15, -0.1) is 0 Å². The molecule has 12 heteroatoms. The number of methoxy groups -OCH3 is 1. The van der Waals surface area contributed by atoms with E-state index in [1.54, 1.807) is 0 Å². The predicted molar refractivity (Wildman–Crippen MR) is 133 cm³/mol. The molecule has 0 saturated heterocycles. The number of hydrogen-bond acceptors (Lipinski definition) is 6. The highest BCUT2D eigenvalue weighted by Crippen LogP contribution is 2.40. The van der Waals surface area contributed by atoms with Gasteiger partial charge in [0.15, 0.2) is 11.5 Å². The maximum atomic E-state index is 14.3. The van der Waals surface area contributed by atoms with E-state index in [0.29, 0.717) is 5.75 Å². The lowest BCUT2D eigenvalue weighted by molar-refractivity contribution is -0.265. The van der Waals surface area contributed by atoms with Crippen molar-refractivity contribution in [3.8, 4) is 22.8 Å². The minimum atomic E-state index is -5.23. The van der Waals surface area contributed by atoms with E-state index in [1.165, 1.54) is 50.6 Å². The van der Waals surface area contributed by atoms with Gasteiger partial charge < -0.3 is 25.2 Å². The summed E-state index contributed by atoms with van der Waals surface area (Å²) in [6.45, 7) is -1.23. The molecule has 1 saturated carbocycles. The summed E-state index contributed by atoms with van der Waals surface area (Å²) in [5, 5.41) is 15.5. The van der Waals surface area contributed by atoms with E-state index in [4.69, 9.17) is 21.1 Å². The number of hydrogen-bond donors (Lipinski definition) is 3. The van der Waals surface area contributed by atoms with Crippen molar-refractivity contribution in [1.29, 1.82) is 0 Å². The largest absolute Gasteiger partial charge is 0.493 e. The molecule has 202 valence electrons. The van der Waals surface area contributed by atoms with Crippen molar-refractivity contribution in [3.05, 3.63) is 70.6 Å². The van der Waals surface area contributed by atoms with Crippen molar-refractivity contribution in [2.24, 2.45) is 0 Å². The number of aliphatic hydroxyl groups is 1. The van der Waals surface area contributed by atoms with Crippen LogP contribution in [0.3, 0.4) is 0 Å². The van der Waals surface area contributed by atoms with Crippen LogP contribution < -0.4 is 20.1 Å². The molecule has 0 radical (unpaired) electrons. The summed E-state index contributed by atoms with van der Waals surface area (Å²) in [6, 6.07) is 10.2. The van der Waals surface area contributed by atoms with E-state index in [1.807, 2.05) is 0 Å². The number of amides is 1. The Kier molecular flexibility index (Phi) is 7.70. The topological polar surface area (TPSA) is 92.7 Å². The average molecular weight is 554 g/mol. The number of rotatable bonds is 9. The fraction of sp³-hybridized carbons (Fsp3) is 0.308. The normalized spacial score (nSPS) is 14.9. The van der Waals surface area contributed by atoms with E-state index < -0.39 is 35.7 Å². The third-order valence-corrected chi connectivity index (χ3v) is 6.26. The molecule has 7 nitrogen and oxygen atoms in total. The number of aromatic nitrogens is 1. The first-order valence-electron chi connectivity index (χ1n) is 11.5. The van der Waals surface area contributed by atoms with E-state index in [2.05, 4.69) is 15.6 Å². The molecule has 3 N–H and O–H groups in total. The first kappa shape index (κ1) is 27.5. The third-order valence-electron chi connectivity index (χ3n) is 5.97. The van der Waals surface area contributed by atoms with Gasteiger partial charge in [-0.1, -0.05) is 11.6 Å². The molecule has 0 spiro atoms. The van der Waals surface area contributed by atoms with Crippen LogP contribution >= 0.6 is 11.6 Å². The molecule has 1 unspecified atom stereocenters. The molecule has 1 amide bonds. The Hall–Kier alpha value is -3.57. The average Bonchev–Trinajstić information content (AvgIpc) is 3.72. The van der Waals surface area contributed by atoms with Gasteiger partial charge in [0.2, 0.25) is 5.60 Å². The van der Waals surface area contributed by atoms with Crippen LogP contribution in [0.25, 0.3) is 11.3 Å². The predicted octanol–water partition coefficient (Wildman–Crippen LogP) is 5.31. The molecule has 3 aromatic rings. The molecule has 1 aliphatic carbocycles. The van der Waals surface area contributed by atoms with Gasteiger partial charge >= 0.3 is 6.18 Å². The van der Waals surface area contributed by atoms with Crippen LogP contribution in [0.4, 0.5) is 23.2 Å². The number of benzene rings is 2. The number of carbonyl (C=O) groups excluding carboxylic acids is 1. The van der Waals surface area contributed by atoms with Gasteiger partial charge in [-0.2, -0.15) is 13.2 Å². The van der Waals surface area contributed by atoms with Crippen molar-refractivity contribution in [2.45, 2.75) is 30.7 Å². The van der Waals surface area contributed by atoms with Crippen LogP contribution in [0.5, 0.6) is 11.5 Å². The first-order chi connectivity index (χ1) is 17.9. The lowest BCUT2D eigenvalue weighted by Gasteiger charge is -2.31. The molecule has 1 aromatic heterocycles. The van der Waals surface area contributed by atoms with Crippen molar-refractivity contribution >= 4 is 23.2 Å². The van der Waals surface area contributed by atoms with E-state index in [0.717, 1.165) is 25.0 Å². The van der Waals surface area contributed by atoms with Crippen molar-refractivity contribution in [2.75, 3.05) is 26.0 Å². The summed E-state index contributed by atoms with van der Waals surface area (Å²) in [6.07, 6.45) is -3.35. The van der Waals surface area contributed by atoms with Crippen LogP contribution in [0.1, 0.15) is 28.9 Å². The zero-order chi connectivity index (χ0) is 27.7. The molecular weight excluding hydrogens is 530 g/mol. The van der Waals surface area contributed by atoms with Crippen LogP contribution in [0, 0.1) is 5.82 Å². The van der Waals surface area contributed by atoms with Crippen LogP contribution in [0.15, 0.2) is 48.5 Å². The Morgan fingerprint density at radius 1 is 1.13 bits per heavy atom. The summed E-state index contributed by atoms with van der Waals surface area (Å²) in [7, 11) is 2.85. The lowest BCUT2D eigenvalue weighted by Crippen LogP contribution is -2.51. The zero-order valence-corrected chi connectivity index (χ0v) is 21.1. The lowest BCUT2D eigenvalue weighted by atomic mass is 9.96. The summed E-state index contributed by atoms with van der Waals surface area (Å²) in [5.41, 5.74) is -3.92. The second-order valence-electron chi connectivity index (χ2n) is 8.73. The summed E-state index contributed by atoms with van der Waals surface area (Å²) in [5.74, 6) is -0.917. The number of nitrogens with zero attached hydrogens (tertiary/aromatic N) is 1. The summed E-state index contributed by atoms with van der Waals surface area (Å²) < 4.78 is 67.3. The van der Waals surface area contributed by atoms with Gasteiger partial charge in [0.1, 0.15) is 5.82 Å². The smallest absolute Gasteiger partial charge is 0.424 e. The standard InChI is InChI=1S/C26H24ClF4N3O4/c1-32-16-11-20(14-3-7-19(28)18(27)9-14)34-23(12-16)25(36,26(29,30)31)13-33-24(35)15-4-8-21(22(10-15)37-2)38-17-5-6-17/h3-4,7-12,17,36H,5-6,13H2,1-2H3,(H,32,34)(H,33,35). The SMILES string of the molecule is CNc1cc(-c2ccc(F)c(Cl)c2)nc(C(O)(CNC(=O)c2ccc(OC3CC3)c(OC)c2)C(F)(F)F)c1. The molecule has 1 aliphatic rings. The summed E-state index contributed by atoms with van der Waals surface area (Å²) >= 11 is 5.83. The fourth-order valence-corrected chi connectivity index (χ4v) is 3.79. The Balaban J connectivity index is 1.63. The van der Waals surface area contributed by atoms with E-state index in [9.17, 15) is 27.5 Å². The van der Waals surface area contributed by atoms with Crippen LogP contribution in [-0.2, 0) is 5.60 Å². The second kappa shape index (κ2) is 10.7. The van der Waals surface area contributed by atoms with Gasteiger partial charge in [0, 0.05) is 23.9 Å². The van der Waals surface area contributed by atoms with E-state index >= 15 is 0 Å². The van der Waals surface area contributed by atoms with Gasteiger partial charge in [0.05, 0.1) is 36.2 Å². The van der Waals surface area contributed by atoms with Crippen LogP contribution in [0.2, 0.25) is 5.02 Å². The number of ether oxygens (including phenoxy) is 2. The molecule has 1 fully saturated rings. The Labute approximate surface area is 220 Å². The van der Waals surface area contributed by atoms with Crippen LogP contribution in [-0.4, -0.2) is 49.0 Å². The van der Waals surface area contributed by atoms with Crippen molar-refractivity contribution in [3.63, 3.8) is 0 Å². The second-order valence-corrected chi connectivity index (χ2v) is 9.14. The Morgan fingerprint density at radius 3 is 2.47 bits per heavy atom. The summed E-state index contributed by atoms with van der Waals surface area (Å²) in [4.78, 5) is 16.8. The van der Waals surface area contributed by atoms with Gasteiger partial charge in [0.25, 0.3) is 5.91 Å². The van der Waals surface area contributed by atoms with Crippen molar-refractivity contribution in [1.82, 2.24) is 10.3 Å². The molecule has 1 heterocycles. The minimum Gasteiger partial charge on any atom is -0.493 e. The van der Waals surface area contributed by atoms with Crippen molar-refractivity contribution < 1.29 is 36.9 Å². The molecule has 1 atom stereocenters. The number of pyridine rings is 1. The van der Waals surface area contributed by atoms with Gasteiger partial charge in [-0.05, 0) is 61.4 Å². The third kappa shape index (κ3) is 5.78. The quantitative estimate of drug-likeness (QED) is 0.311. The molecular formula is C26H24ClF4N3O4. The highest BCUT2D eigenvalue weighted by Gasteiger charge is 2.56. The van der Waals surface area contributed by atoms with Gasteiger partial charge in [-0.25, -0.2) is 9.37 Å². The monoisotopic (exact) mass is 553 g/mol.